The van der Waals surface area contributed by atoms with Crippen LogP contribution in [-0.4, -0.2) is 11.9 Å². The van der Waals surface area contributed by atoms with Crippen molar-refractivity contribution in [3.05, 3.63) is 103 Å². The van der Waals surface area contributed by atoms with Gasteiger partial charge >= 0.3 is 5.97 Å². The van der Waals surface area contributed by atoms with Crippen LogP contribution < -0.4 is 4.74 Å². The number of carbonyl (C=O) groups excluding carboxylic acids is 1. The van der Waals surface area contributed by atoms with E-state index in [0.717, 1.165) is 0 Å². The first-order chi connectivity index (χ1) is 14.9. The molecule has 0 amide bonds. The van der Waals surface area contributed by atoms with Crippen LogP contribution in [0.2, 0.25) is 5.02 Å². The van der Waals surface area contributed by atoms with E-state index in [1.807, 2.05) is 0 Å². The molecule has 0 N–H and O–H groups in total. The summed E-state index contributed by atoms with van der Waals surface area (Å²) in [5, 5.41) is 0.445. The Kier molecular flexibility index (Phi) is 6.55. The predicted octanol–water partition coefficient (Wildman–Crippen LogP) is 6.93. The molecule has 0 aliphatic carbocycles. The Balaban J connectivity index is 1.57. The lowest BCUT2D eigenvalue weighted by atomic mass is 10.2. The lowest BCUT2D eigenvalue weighted by Crippen LogP contribution is -2.05. The number of ether oxygens (including phenoxy) is 2. The summed E-state index contributed by atoms with van der Waals surface area (Å²) in [6.45, 7) is 0.202. The molecule has 0 aromatic heterocycles. The average Bonchev–Trinajstić information content (AvgIpc) is 3.08. The van der Waals surface area contributed by atoms with Gasteiger partial charge in [0.25, 0.3) is 0 Å². The predicted molar refractivity (Wildman–Crippen MR) is 125 cm³/mol. The molecule has 0 saturated carbocycles. The molecule has 0 radical (unpaired) electrons. The Hall–Kier alpha value is -2.48. The molecule has 3 aromatic rings. The molecule has 1 aliphatic rings. The standard InChI is InChI=1S/C23H13Br2ClFNO3/c24-17-9-14(10-18(25)21(17)30-12-13-4-3-5-15(27)8-13)11-20-23(29)31-22(28-20)16-6-1-2-7-19(16)26/h1-11H,12H2/b20-11-. The van der Waals surface area contributed by atoms with Crippen molar-refractivity contribution < 1.29 is 18.7 Å². The normalized spacial score (nSPS) is 14.5. The van der Waals surface area contributed by atoms with Gasteiger partial charge < -0.3 is 9.47 Å². The van der Waals surface area contributed by atoms with E-state index in [1.54, 1.807) is 54.6 Å². The molecule has 1 aliphatic heterocycles. The number of halogens is 4. The van der Waals surface area contributed by atoms with Crippen LogP contribution in [0.4, 0.5) is 4.39 Å². The van der Waals surface area contributed by atoms with E-state index >= 15 is 0 Å². The summed E-state index contributed by atoms with van der Waals surface area (Å²) in [5.41, 5.74) is 2.11. The third-order valence-corrected chi connectivity index (χ3v) is 5.83. The van der Waals surface area contributed by atoms with Crippen LogP contribution in [-0.2, 0) is 16.1 Å². The fraction of sp³-hybridized carbons (Fsp3) is 0.0435. The number of cyclic esters (lactones) is 1. The van der Waals surface area contributed by atoms with Gasteiger partial charge in [-0.2, -0.15) is 0 Å². The molecule has 31 heavy (non-hydrogen) atoms. The Morgan fingerprint density at radius 1 is 1.06 bits per heavy atom. The topological polar surface area (TPSA) is 47.9 Å². The van der Waals surface area contributed by atoms with E-state index in [-0.39, 0.29) is 24.0 Å². The highest BCUT2D eigenvalue weighted by Gasteiger charge is 2.25. The fourth-order valence-electron chi connectivity index (χ4n) is 2.90. The zero-order valence-corrected chi connectivity index (χ0v) is 19.7. The van der Waals surface area contributed by atoms with Crippen LogP contribution in [0.5, 0.6) is 5.75 Å². The van der Waals surface area contributed by atoms with Crippen molar-refractivity contribution in [2.45, 2.75) is 6.61 Å². The number of hydrogen-bond donors (Lipinski definition) is 0. The van der Waals surface area contributed by atoms with Gasteiger partial charge in [0.1, 0.15) is 18.2 Å². The van der Waals surface area contributed by atoms with Crippen LogP contribution in [0, 0.1) is 5.82 Å². The molecule has 4 nitrogen and oxygen atoms in total. The average molecular weight is 566 g/mol. The summed E-state index contributed by atoms with van der Waals surface area (Å²) >= 11 is 13.1. The number of hydrogen-bond acceptors (Lipinski definition) is 4. The van der Waals surface area contributed by atoms with Gasteiger partial charge in [-0.1, -0.05) is 35.9 Å². The van der Waals surface area contributed by atoms with Gasteiger partial charge in [-0.05, 0) is 85.5 Å². The lowest BCUT2D eigenvalue weighted by molar-refractivity contribution is -0.129. The number of carbonyl (C=O) groups is 1. The number of benzene rings is 3. The van der Waals surface area contributed by atoms with Crippen molar-refractivity contribution in [3.8, 4) is 5.75 Å². The molecule has 3 aromatic carbocycles. The molecule has 0 atom stereocenters. The number of aliphatic imine (C=N–C) groups is 1. The number of nitrogens with zero attached hydrogens (tertiary/aromatic N) is 1. The lowest BCUT2D eigenvalue weighted by Gasteiger charge is -2.11. The summed E-state index contributed by atoms with van der Waals surface area (Å²) in [6, 6.07) is 16.8. The van der Waals surface area contributed by atoms with Crippen molar-refractivity contribution in [1.29, 1.82) is 0 Å². The van der Waals surface area contributed by atoms with Crippen LogP contribution in [0.15, 0.2) is 80.3 Å². The minimum absolute atomic E-state index is 0.155. The number of rotatable bonds is 5. The first-order valence-electron chi connectivity index (χ1n) is 9.04. The first-order valence-corrected chi connectivity index (χ1v) is 11.0. The highest BCUT2D eigenvalue weighted by Crippen LogP contribution is 2.36. The van der Waals surface area contributed by atoms with Crippen LogP contribution in [0.1, 0.15) is 16.7 Å². The maximum atomic E-state index is 13.4. The second-order valence-corrected chi connectivity index (χ2v) is 8.66. The minimum Gasteiger partial charge on any atom is -0.487 e. The molecule has 156 valence electrons. The van der Waals surface area contributed by atoms with E-state index in [2.05, 4.69) is 36.9 Å². The Bertz CT molecular complexity index is 1220. The van der Waals surface area contributed by atoms with Crippen molar-refractivity contribution in [3.63, 3.8) is 0 Å². The monoisotopic (exact) mass is 563 g/mol. The van der Waals surface area contributed by atoms with Gasteiger partial charge in [0.2, 0.25) is 5.90 Å². The van der Waals surface area contributed by atoms with Crippen molar-refractivity contribution in [2.24, 2.45) is 4.99 Å². The maximum Gasteiger partial charge on any atom is 0.363 e. The van der Waals surface area contributed by atoms with Crippen molar-refractivity contribution >= 4 is 61.4 Å². The highest BCUT2D eigenvalue weighted by molar-refractivity contribution is 9.11. The van der Waals surface area contributed by atoms with E-state index in [9.17, 15) is 9.18 Å². The Morgan fingerprint density at radius 2 is 1.81 bits per heavy atom. The molecular weight excluding hydrogens is 553 g/mol. The third-order valence-electron chi connectivity index (χ3n) is 4.32. The van der Waals surface area contributed by atoms with Gasteiger partial charge in [-0.3, -0.25) is 0 Å². The summed E-state index contributed by atoms with van der Waals surface area (Å²) in [5.74, 6) is -0.161. The van der Waals surface area contributed by atoms with Gasteiger partial charge in [-0.25, -0.2) is 14.2 Å². The van der Waals surface area contributed by atoms with E-state index in [1.165, 1.54) is 12.1 Å². The Labute approximate surface area is 199 Å². The van der Waals surface area contributed by atoms with Gasteiger partial charge in [0, 0.05) is 0 Å². The second kappa shape index (κ2) is 9.34. The summed E-state index contributed by atoms with van der Waals surface area (Å²) in [4.78, 5) is 16.6. The van der Waals surface area contributed by atoms with Crippen LogP contribution >= 0.6 is 43.5 Å². The fourth-order valence-corrected chi connectivity index (χ4v) is 4.57. The van der Waals surface area contributed by atoms with Gasteiger partial charge in [-0.15, -0.1) is 0 Å². The van der Waals surface area contributed by atoms with E-state index in [0.29, 0.717) is 36.4 Å². The molecule has 4 rings (SSSR count). The van der Waals surface area contributed by atoms with Crippen LogP contribution in [0.3, 0.4) is 0 Å². The molecular formula is C23H13Br2ClFNO3. The third kappa shape index (κ3) is 5.06. The van der Waals surface area contributed by atoms with Crippen molar-refractivity contribution in [2.75, 3.05) is 0 Å². The summed E-state index contributed by atoms with van der Waals surface area (Å²) < 4.78 is 25.8. The van der Waals surface area contributed by atoms with Crippen LogP contribution in [0.25, 0.3) is 6.08 Å². The van der Waals surface area contributed by atoms with E-state index < -0.39 is 5.97 Å². The van der Waals surface area contributed by atoms with Crippen molar-refractivity contribution in [1.82, 2.24) is 0 Å². The highest BCUT2D eigenvalue weighted by atomic mass is 79.9. The van der Waals surface area contributed by atoms with E-state index in [4.69, 9.17) is 21.1 Å². The molecule has 0 fully saturated rings. The largest absolute Gasteiger partial charge is 0.487 e. The minimum atomic E-state index is -0.561. The molecule has 0 unspecified atom stereocenters. The first kappa shape index (κ1) is 21.7. The maximum absolute atomic E-state index is 13.4. The van der Waals surface area contributed by atoms with Gasteiger partial charge in [0.05, 0.1) is 19.5 Å². The zero-order chi connectivity index (χ0) is 22.0. The molecule has 0 spiro atoms. The Morgan fingerprint density at radius 3 is 2.52 bits per heavy atom. The quantitative estimate of drug-likeness (QED) is 0.249. The number of esters is 1. The van der Waals surface area contributed by atoms with Gasteiger partial charge in [0.15, 0.2) is 5.70 Å². The molecule has 8 heteroatoms. The summed E-state index contributed by atoms with van der Waals surface area (Å²) in [6.07, 6.45) is 1.61. The molecule has 1 heterocycles. The second-order valence-electron chi connectivity index (χ2n) is 6.55. The SMILES string of the molecule is O=C1OC(c2ccccc2Cl)=N/C1=C\c1cc(Br)c(OCc2cccc(F)c2)c(Br)c1. The summed E-state index contributed by atoms with van der Waals surface area (Å²) in [7, 11) is 0. The smallest absolute Gasteiger partial charge is 0.363 e. The molecule has 0 bridgehead atoms. The zero-order valence-electron chi connectivity index (χ0n) is 15.7. The molecule has 0 saturated heterocycles.